The van der Waals surface area contributed by atoms with E-state index < -0.39 is 6.04 Å². The molecule has 0 bridgehead atoms. The summed E-state index contributed by atoms with van der Waals surface area (Å²) in [5.74, 6) is 0.311. The number of methoxy groups -OCH3 is 1. The second kappa shape index (κ2) is 12.2. The Kier molecular flexibility index (Phi) is 9.12. The summed E-state index contributed by atoms with van der Waals surface area (Å²) < 4.78 is 5.18. The van der Waals surface area contributed by atoms with Gasteiger partial charge >= 0.3 is 0 Å². The summed E-state index contributed by atoms with van der Waals surface area (Å²) in [7, 11) is 1.63. The van der Waals surface area contributed by atoms with Gasteiger partial charge in [0.2, 0.25) is 5.91 Å². The molecule has 0 saturated carbocycles. The zero-order valence-electron chi connectivity index (χ0n) is 21.9. The Bertz CT molecular complexity index is 1150. The average molecular weight is 488 g/mol. The molecule has 0 aliphatic heterocycles. The lowest BCUT2D eigenvalue weighted by Crippen LogP contribution is -2.48. The zero-order chi connectivity index (χ0) is 26.1. The highest BCUT2D eigenvalue weighted by atomic mass is 16.5. The summed E-state index contributed by atoms with van der Waals surface area (Å²) in [5, 5.41) is 9.17. The van der Waals surface area contributed by atoms with Crippen molar-refractivity contribution in [2.75, 3.05) is 25.5 Å². The van der Waals surface area contributed by atoms with Crippen LogP contribution in [0.2, 0.25) is 0 Å². The maximum atomic E-state index is 13.1. The maximum Gasteiger partial charge on any atom is 0.251 e. The van der Waals surface area contributed by atoms with Crippen LogP contribution in [0.3, 0.4) is 0 Å². The lowest BCUT2D eigenvalue weighted by atomic mass is 9.86. The van der Waals surface area contributed by atoms with Crippen molar-refractivity contribution in [2.45, 2.75) is 45.6 Å². The molecule has 0 aliphatic carbocycles. The normalized spacial score (nSPS) is 11.9. The number of ether oxygens (including phenoxy) is 1. The Morgan fingerprint density at radius 2 is 1.61 bits per heavy atom. The standard InChI is InChI=1S/C30H37N3O3/c1-21-7-6-8-23(19-21)28(34)33-27(20-22-9-11-24(12-10-22)30(2,3)4)29(35)32-18-17-31-25-13-15-26(36-5)16-14-25/h6-16,19,27,31H,17-18,20H2,1-5H3,(H,32,35)(H,33,34). The van der Waals surface area contributed by atoms with Gasteiger partial charge in [-0.2, -0.15) is 0 Å². The van der Waals surface area contributed by atoms with E-state index in [0.29, 0.717) is 25.1 Å². The molecule has 36 heavy (non-hydrogen) atoms. The summed E-state index contributed by atoms with van der Waals surface area (Å²) in [6.45, 7) is 9.41. The topological polar surface area (TPSA) is 79.5 Å². The molecular formula is C30H37N3O3. The number of anilines is 1. The lowest BCUT2D eigenvalue weighted by Gasteiger charge is -2.21. The third-order valence-corrected chi connectivity index (χ3v) is 6.01. The molecule has 0 fully saturated rings. The number of hydrogen-bond acceptors (Lipinski definition) is 4. The van der Waals surface area contributed by atoms with Gasteiger partial charge in [0.1, 0.15) is 11.8 Å². The molecule has 0 aliphatic rings. The van der Waals surface area contributed by atoms with Gasteiger partial charge in [-0.15, -0.1) is 0 Å². The third-order valence-electron chi connectivity index (χ3n) is 6.01. The van der Waals surface area contributed by atoms with Crippen LogP contribution in [0.1, 0.15) is 47.8 Å². The van der Waals surface area contributed by atoms with E-state index in [1.54, 1.807) is 13.2 Å². The molecule has 1 atom stereocenters. The van der Waals surface area contributed by atoms with E-state index in [9.17, 15) is 9.59 Å². The van der Waals surface area contributed by atoms with Gasteiger partial charge in [-0.05, 0) is 59.9 Å². The highest BCUT2D eigenvalue weighted by molar-refractivity contribution is 5.97. The minimum atomic E-state index is -0.695. The van der Waals surface area contributed by atoms with E-state index in [0.717, 1.165) is 22.6 Å². The maximum absolute atomic E-state index is 13.1. The second-order valence-electron chi connectivity index (χ2n) is 9.99. The van der Waals surface area contributed by atoms with Crippen molar-refractivity contribution < 1.29 is 14.3 Å². The first-order chi connectivity index (χ1) is 17.2. The Labute approximate surface area is 214 Å². The first-order valence-electron chi connectivity index (χ1n) is 12.3. The van der Waals surface area contributed by atoms with Crippen LogP contribution in [0.15, 0.2) is 72.8 Å². The number of nitrogens with one attached hydrogen (secondary N) is 3. The highest BCUT2D eigenvalue weighted by Crippen LogP contribution is 2.22. The molecule has 0 radical (unpaired) electrons. The summed E-state index contributed by atoms with van der Waals surface area (Å²) in [6.07, 6.45) is 0.403. The van der Waals surface area contributed by atoms with Crippen LogP contribution in [-0.2, 0) is 16.6 Å². The molecule has 190 valence electrons. The predicted molar refractivity (Wildman–Crippen MR) is 146 cm³/mol. The fraction of sp³-hybridized carbons (Fsp3) is 0.333. The number of hydrogen-bond donors (Lipinski definition) is 3. The van der Waals surface area contributed by atoms with E-state index in [1.807, 2.05) is 61.5 Å². The van der Waals surface area contributed by atoms with Gasteiger partial charge in [0, 0.05) is 30.8 Å². The predicted octanol–water partition coefficient (Wildman–Crippen LogP) is 4.87. The monoisotopic (exact) mass is 487 g/mol. The number of carbonyl (C=O) groups is 2. The van der Waals surface area contributed by atoms with E-state index >= 15 is 0 Å². The van der Waals surface area contributed by atoms with Gasteiger partial charge in [-0.25, -0.2) is 0 Å². The molecule has 0 saturated heterocycles. The quantitative estimate of drug-likeness (QED) is 0.357. The number of rotatable bonds is 10. The second-order valence-corrected chi connectivity index (χ2v) is 9.99. The van der Waals surface area contributed by atoms with Crippen molar-refractivity contribution in [3.8, 4) is 5.75 Å². The summed E-state index contributed by atoms with van der Waals surface area (Å²) in [6, 6.07) is 22.5. The number of benzene rings is 3. The highest BCUT2D eigenvalue weighted by Gasteiger charge is 2.22. The van der Waals surface area contributed by atoms with E-state index in [-0.39, 0.29) is 17.2 Å². The van der Waals surface area contributed by atoms with E-state index in [4.69, 9.17) is 4.74 Å². The fourth-order valence-electron chi connectivity index (χ4n) is 3.84. The third kappa shape index (κ3) is 7.87. The zero-order valence-corrected chi connectivity index (χ0v) is 21.9. The van der Waals surface area contributed by atoms with Crippen LogP contribution in [0.5, 0.6) is 5.75 Å². The largest absolute Gasteiger partial charge is 0.497 e. The Morgan fingerprint density at radius 1 is 0.917 bits per heavy atom. The van der Waals surface area contributed by atoms with Gasteiger partial charge < -0.3 is 20.7 Å². The van der Waals surface area contributed by atoms with Crippen LogP contribution in [0.4, 0.5) is 5.69 Å². The summed E-state index contributed by atoms with van der Waals surface area (Å²) in [4.78, 5) is 26.1. The van der Waals surface area contributed by atoms with E-state index in [1.165, 1.54) is 5.56 Å². The summed E-state index contributed by atoms with van der Waals surface area (Å²) in [5.41, 5.74) is 4.73. The molecule has 3 N–H and O–H groups in total. The number of aryl methyl sites for hydroxylation is 1. The molecule has 1 unspecified atom stereocenters. The Hall–Kier alpha value is -3.80. The van der Waals surface area contributed by atoms with Crippen molar-refractivity contribution >= 4 is 17.5 Å². The van der Waals surface area contributed by atoms with Crippen LogP contribution < -0.4 is 20.7 Å². The van der Waals surface area contributed by atoms with Gasteiger partial charge in [-0.1, -0.05) is 62.7 Å². The van der Waals surface area contributed by atoms with Crippen LogP contribution in [0.25, 0.3) is 0 Å². The van der Waals surface area contributed by atoms with Crippen molar-refractivity contribution in [1.29, 1.82) is 0 Å². The smallest absolute Gasteiger partial charge is 0.251 e. The van der Waals surface area contributed by atoms with Crippen molar-refractivity contribution in [2.24, 2.45) is 0 Å². The van der Waals surface area contributed by atoms with Crippen LogP contribution >= 0.6 is 0 Å². The van der Waals surface area contributed by atoms with Crippen molar-refractivity contribution in [3.63, 3.8) is 0 Å². The van der Waals surface area contributed by atoms with Gasteiger partial charge in [0.05, 0.1) is 7.11 Å². The van der Waals surface area contributed by atoms with E-state index in [2.05, 4.69) is 48.9 Å². The Morgan fingerprint density at radius 3 is 2.22 bits per heavy atom. The van der Waals surface area contributed by atoms with Gasteiger partial charge in [-0.3, -0.25) is 9.59 Å². The number of amides is 2. The SMILES string of the molecule is COc1ccc(NCCNC(=O)C(Cc2ccc(C(C)(C)C)cc2)NC(=O)c2cccc(C)c2)cc1. The molecule has 0 heterocycles. The van der Waals surface area contributed by atoms with Crippen molar-refractivity contribution in [3.05, 3.63) is 95.1 Å². The molecule has 3 aromatic rings. The molecule has 0 aromatic heterocycles. The molecule has 6 nitrogen and oxygen atoms in total. The van der Waals surface area contributed by atoms with Gasteiger partial charge in [0.15, 0.2) is 0 Å². The summed E-state index contributed by atoms with van der Waals surface area (Å²) >= 11 is 0. The molecular weight excluding hydrogens is 450 g/mol. The first-order valence-corrected chi connectivity index (χ1v) is 12.3. The molecule has 6 heteroatoms. The average Bonchev–Trinajstić information content (AvgIpc) is 2.86. The fourth-order valence-corrected chi connectivity index (χ4v) is 3.84. The van der Waals surface area contributed by atoms with Crippen molar-refractivity contribution in [1.82, 2.24) is 10.6 Å². The Balaban J connectivity index is 1.65. The lowest BCUT2D eigenvalue weighted by molar-refractivity contribution is -0.122. The molecule has 3 aromatic carbocycles. The molecule has 2 amide bonds. The number of carbonyl (C=O) groups excluding carboxylic acids is 2. The molecule has 3 rings (SSSR count). The minimum absolute atomic E-state index is 0.0472. The van der Waals surface area contributed by atoms with Crippen LogP contribution in [-0.4, -0.2) is 38.1 Å². The van der Waals surface area contributed by atoms with Gasteiger partial charge in [0.25, 0.3) is 5.91 Å². The van der Waals surface area contributed by atoms with Crippen LogP contribution in [0, 0.1) is 6.92 Å². The first kappa shape index (κ1) is 26.8. The minimum Gasteiger partial charge on any atom is -0.497 e. The molecule has 0 spiro atoms.